The number of methoxy groups -OCH3 is 1. The van der Waals surface area contributed by atoms with Crippen LogP contribution in [0.25, 0.3) is 0 Å². The molecular formula is C23H25N3O6S. The summed E-state index contributed by atoms with van der Waals surface area (Å²) in [5, 5.41) is 3.33. The van der Waals surface area contributed by atoms with E-state index in [0.29, 0.717) is 18.0 Å². The van der Waals surface area contributed by atoms with Crippen molar-refractivity contribution in [1.29, 1.82) is 0 Å². The second-order valence-corrected chi connectivity index (χ2v) is 9.55. The van der Waals surface area contributed by atoms with Gasteiger partial charge in [0, 0.05) is 41.5 Å². The van der Waals surface area contributed by atoms with Crippen LogP contribution in [-0.4, -0.2) is 73.0 Å². The van der Waals surface area contributed by atoms with Crippen LogP contribution in [0.5, 0.6) is 0 Å². The molecule has 174 valence electrons. The number of primary amides is 1. The van der Waals surface area contributed by atoms with Crippen LogP contribution in [0, 0.1) is 5.92 Å². The number of ether oxygens (including phenoxy) is 3. The van der Waals surface area contributed by atoms with Crippen molar-refractivity contribution in [3.63, 3.8) is 0 Å². The van der Waals surface area contributed by atoms with Gasteiger partial charge in [-0.3, -0.25) is 9.59 Å². The number of fused-ring (bicyclic) bond motifs is 4. The maximum atomic E-state index is 13.6. The van der Waals surface area contributed by atoms with Crippen molar-refractivity contribution >= 4 is 29.4 Å². The summed E-state index contributed by atoms with van der Waals surface area (Å²) in [6.45, 7) is 2.24. The first-order chi connectivity index (χ1) is 15.9. The fourth-order valence-electron chi connectivity index (χ4n) is 5.26. The van der Waals surface area contributed by atoms with Gasteiger partial charge in [-0.05, 0) is 19.1 Å². The van der Waals surface area contributed by atoms with Crippen LogP contribution in [0.1, 0.15) is 6.92 Å². The molecule has 4 atom stereocenters. The van der Waals surface area contributed by atoms with E-state index in [1.54, 1.807) is 25.8 Å². The minimum absolute atomic E-state index is 0.0456. The number of rotatable bonds is 8. The van der Waals surface area contributed by atoms with E-state index in [0.717, 1.165) is 4.90 Å². The fraction of sp³-hybridized carbons (Fsp3) is 0.435. The second-order valence-electron chi connectivity index (χ2n) is 8.38. The third kappa shape index (κ3) is 3.35. The Labute approximate surface area is 195 Å². The Morgan fingerprint density at radius 3 is 2.73 bits per heavy atom. The van der Waals surface area contributed by atoms with Crippen LogP contribution in [0.2, 0.25) is 0 Å². The Kier molecular flexibility index (Phi) is 5.46. The molecule has 0 saturated carbocycles. The monoisotopic (exact) mass is 471 g/mol. The average molecular weight is 472 g/mol. The van der Waals surface area contributed by atoms with Crippen LogP contribution in [0.3, 0.4) is 0 Å². The Morgan fingerprint density at radius 2 is 2.03 bits per heavy atom. The zero-order valence-electron chi connectivity index (χ0n) is 18.3. The number of piperazine rings is 1. The van der Waals surface area contributed by atoms with Gasteiger partial charge in [0.05, 0.1) is 24.3 Å². The predicted octanol–water partition coefficient (Wildman–Crippen LogP) is 1.20. The molecular weight excluding hydrogens is 446 g/mol. The predicted molar refractivity (Wildman–Crippen MR) is 119 cm³/mol. The first-order valence-electron chi connectivity index (χ1n) is 10.8. The molecule has 1 amide bonds. The lowest BCUT2D eigenvalue weighted by atomic mass is 9.83. The zero-order chi connectivity index (χ0) is 23.3. The molecule has 0 radical (unpaired) electrons. The summed E-state index contributed by atoms with van der Waals surface area (Å²) < 4.78 is 16.9. The number of hydrogen-bond acceptors (Lipinski definition) is 9. The SMILES string of the molecule is CO[C@@]12C(COC(N)=O)C3=C(C(=O)C(C)=C(OCCSc4ccccc4)C3=O)N1CC1NC12. The molecule has 3 N–H and O–H groups in total. The molecule has 4 aliphatic rings. The van der Waals surface area contributed by atoms with Gasteiger partial charge in [-0.25, -0.2) is 4.79 Å². The van der Waals surface area contributed by atoms with E-state index < -0.39 is 17.7 Å². The van der Waals surface area contributed by atoms with E-state index in [-0.39, 0.29) is 53.8 Å². The Balaban J connectivity index is 1.39. The number of thioether (sulfide) groups is 1. The first-order valence-corrected chi connectivity index (χ1v) is 11.7. The number of allylic oxidation sites excluding steroid dienone is 2. The van der Waals surface area contributed by atoms with Gasteiger partial charge in [-0.15, -0.1) is 11.8 Å². The summed E-state index contributed by atoms with van der Waals surface area (Å²) in [4.78, 5) is 41.4. The molecule has 0 aromatic heterocycles. The lowest BCUT2D eigenvalue weighted by Gasteiger charge is -2.39. The lowest BCUT2D eigenvalue weighted by molar-refractivity contribution is -0.137. The van der Waals surface area contributed by atoms with Crippen LogP contribution >= 0.6 is 11.8 Å². The number of carbonyl (C=O) groups excluding carboxylic acids is 3. The lowest BCUT2D eigenvalue weighted by Crippen LogP contribution is -2.55. The third-order valence-corrected chi connectivity index (χ3v) is 7.69. The largest absolute Gasteiger partial charge is 0.488 e. The van der Waals surface area contributed by atoms with Crippen LogP contribution in [0.15, 0.2) is 57.8 Å². The standard InChI is InChI=1S/C23H25N3O6S/c1-12-18(27)17-16(19(28)20(12)31-8-9-33-13-6-4-3-5-7-13)14(11-32-22(24)29)23(30-2)21-15(25-21)10-26(17)23/h3-7,14-15,21,25H,8-11H2,1-2H3,(H2,24,29)/t14?,15?,21?,23-/m1/s1. The van der Waals surface area contributed by atoms with Crippen molar-refractivity contribution in [3.05, 3.63) is 52.9 Å². The van der Waals surface area contributed by atoms with Gasteiger partial charge >= 0.3 is 6.09 Å². The minimum Gasteiger partial charge on any atom is -0.488 e. The summed E-state index contributed by atoms with van der Waals surface area (Å²) in [5.74, 6) is -0.641. The molecule has 3 heterocycles. The van der Waals surface area contributed by atoms with E-state index in [2.05, 4.69) is 5.32 Å². The van der Waals surface area contributed by atoms with Crippen LogP contribution < -0.4 is 11.1 Å². The highest BCUT2D eigenvalue weighted by molar-refractivity contribution is 7.99. The molecule has 9 nitrogen and oxygen atoms in total. The Hall–Kier alpha value is -2.82. The topological polar surface area (TPSA) is 130 Å². The highest BCUT2D eigenvalue weighted by Crippen LogP contribution is 2.55. The normalized spacial score (nSPS) is 29.8. The molecule has 2 fully saturated rings. The van der Waals surface area contributed by atoms with Gasteiger partial charge in [0.15, 0.2) is 11.5 Å². The number of nitrogens with one attached hydrogen (secondary N) is 1. The molecule has 0 bridgehead atoms. The van der Waals surface area contributed by atoms with Crippen LogP contribution in [0.4, 0.5) is 4.79 Å². The third-order valence-electron chi connectivity index (χ3n) is 6.71. The minimum atomic E-state index is -0.991. The van der Waals surface area contributed by atoms with Gasteiger partial charge in [-0.2, -0.15) is 0 Å². The molecule has 1 aromatic carbocycles. The summed E-state index contributed by atoms with van der Waals surface area (Å²) in [7, 11) is 1.54. The van der Waals surface area contributed by atoms with Gasteiger partial charge in [0.1, 0.15) is 6.61 Å². The molecule has 0 spiro atoms. The number of hydrogen-bond donors (Lipinski definition) is 2. The van der Waals surface area contributed by atoms with Crippen molar-refractivity contribution in [2.24, 2.45) is 11.7 Å². The fourth-order valence-corrected chi connectivity index (χ4v) is 6.01. The molecule has 3 aliphatic heterocycles. The first kappa shape index (κ1) is 22.0. The Morgan fingerprint density at radius 1 is 1.27 bits per heavy atom. The summed E-state index contributed by atoms with van der Waals surface area (Å²) >= 11 is 1.60. The molecule has 1 aliphatic carbocycles. The number of ketones is 2. The number of benzene rings is 1. The quantitative estimate of drug-likeness (QED) is 0.249. The van der Waals surface area contributed by atoms with E-state index in [1.807, 2.05) is 35.2 Å². The maximum absolute atomic E-state index is 13.6. The van der Waals surface area contributed by atoms with Gasteiger partial charge in [0.25, 0.3) is 0 Å². The highest BCUT2D eigenvalue weighted by atomic mass is 32.2. The van der Waals surface area contributed by atoms with Gasteiger partial charge < -0.3 is 30.2 Å². The molecule has 3 unspecified atom stereocenters. The van der Waals surface area contributed by atoms with Crippen molar-refractivity contribution in [2.75, 3.05) is 32.6 Å². The number of nitrogens with zero attached hydrogens (tertiary/aromatic N) is 1. The summed E-state index contributed by atoms with van der Waals surface area (Å²) in [6, 6.07) is 9.93. The highest BCUT2D eigenvalue weighted by Gasteiger charge is 2.72. The zero-order valence-corrected chi connectivity index (χ0v) is 19.1. The second kappa shape index (κ2) is 8.19. The van der Waals surface area contributed by atoms with E-state index in [1.165, 1.54) is 0 Å². The van der Waals surface area contributed by atoms with E-state index in [9.17, 15) is 14.4 Å². The Bertz CT molecular complexity index is 1090. The number of nitrogens with two attached hydrogens (primary N) is 1. The molecule has 5 rings (SSSR count). The molecule has 33 heavy (non-hydrogen) atoms. The summed E-state index contributed by atoms with van der Waals surface area (Å²) in [5.41, 5.74) is 5.08. The van der Waals surface area contributed by atoms with Crippen LogP contribution in [-0.2, 0) is 23.8 Å². The maximum Gasteiger partial charge on any atom is 0.404 e. The number of carbonyl (C=O) groups is 3. The van der Waals surface area contributed by atoms with Crippen molar-refractivity contribution in [2.45, 2.75) is 29.6 Å². The van der Waals surface area contributed by atoms with E-state index in [4.69, 9.17) is 19.9 Å². The van der Waals surface area contributed by atoms with E-state index >= 15 is 0 Å². The van der Waals surface area contributed by atoms with Gasteiger partial charge in [0.2, 0.25) is 11.6 Å². The average Bonchev–Trinajstić information content (AvgIpc) is 3.42. The number of Topliss-reactive ketones (excluding diaryl/α,β-unsaturated/α-hetero) is 2. The molecule has 10 heteroatoms. The van der Waals surface area contributed by atoms with Crippen molar-refractivity contribution in [1.82, 2.24) is 10.2 Å². The van der Waals surface area contributed by atoms with Crippen molar-refractivity contribution in [3.8, 4) is 0 Å². The molecule has 1 aromatic rings. The molecule has 2 saturated heterocycles. The van der Waals surface area contributed by atoms with Gasteiger partial charge in [-0.1, -0.05) is 18.2 Å². The van der Waals surface area contributed by atoms with Crippen molar-refractivity contribution < 1.29 is 28.6 Å². The smallest absolute Gasteiger partial charge is 0.404 e. The number of amides is 1. The summed E-state index contributed by atoms with van der Waals surface area (Å²) in [6.07, 6.45) is -0.948.